The zero-order valence-corrected chi connectivity index (χ0v) is 12.1. The highest BCUT2D eigenvalue weighted by atomic mass is 35.5. The molecule has 20 heavy (non-hydrogen) atoms. The molecule has 1 fully saturated rings. The Morgan fingerprint density at radius 3 is 2.90 bits per heavy atom. The van der Waals surface area contributed by atoms with Gasteiger partial charge in [0.15, 0.2) is 0 Å². The summed E-state index contributed by atoms with van der Waals surface area (Å²) in [5, 5.41) is 9.70. The van der Waals surface area contributed by atoms with Crippen molar-refractivity contribution < 1.29 is 14.7 Å². The second kappa shape index (κ2) is 5.79. The molecule has 1 amide bonds. The summed E-state index contributed by atoms with van der Waals surface area (Å²) in [6.07, 6.45) is 3.35. The van der Waals surface area contributed by atoms with Gasteiger partial charge in [-0.1, -0.05) is 24.9 Å². The van der Waals surface area contributed by atoms with E-state index in [1.807, 2.05) is 6.92 Å². The van der Waals surface area contributed by atoms with Gasteiger partial charge in [0.25, 0.3) is 5.91 Å². The highest BCUT2D eigenvalue weighted by Gasteiger charge is 2.45. The summed E-state index contributed by atoms with van der Waals surface area (Å²) >= 11 is 5.78. The Hall–Kier alpha value is -1.62. The number of carboxylic acid groups (broad SMARTS) is 1. The fourth-order valence-corrected chi connectivity index (χ4v) is 2.90. The third-order valence-corrected chi connectivity index (χ3v) is 4.00. The van der Waals surface area contributed by atoms with E-state index in [4.69, 9.17) is 11.6 Å². The van der Waals surface area contributed by atoms with Crippen LogP contribution >= 0.6 is 11.6 Å². The largest absolute Gasteiger partial charge is 0.481 e. The number of hydrogen-bond acceptors (Lipinski definition) is 3. The van der Waals surface area contributed by atoms with Crippen LogP contribution in [0.3, 0.4) is 0 Å². The summed E-state index contributed by atoms with van der Waals surface area (Å²) in [7, 11) is 0. The number of carboxylic acids is 1. The summed E-state index contributed by atoms with van der Waals surface area (Å²) < 4.78 is 0. The minimum absolute atomic E-state index is 0.187. The molecule has 1 N–H and O–H groups in total. The number of carbonyl (C=O) groups is 2. The number of rotatable bonds is 4. The fourth-order valence-electron chi connectivity index (χ4n) is 2.73. The molecule has 0 aliphatic carbocycles. The van der Waals surface area contributed by atoms with Gasteiger partial charge in [-0.3, -0.25) is 9.59 Å². The molecule has 5 nitrogen and oxygen atoms in total. The predicted molar refractivity (Wildman–Crippen MR) is 74.7 cm³/mol. The van der Waals surface area contributed by atoms with Gasteiger partial charge in [0, 0.05) is 24.8 Å². The van der Waals surface area contributed by atoms with Crippen LogP contribution in [0.15, 0.2) is 18.3 Å². The van der Waals surface area contributed by atoms with Crippen molar-refractivity contribution in [2.45, 2.75) is 26.2 Å². The van der Waals surface area contributed by atoms with E-state index in [1.165, 1.54) is 12.3 Å². The number of aliphatic carboxylic acids is 1. The molecule has 1 atom stereocenters. The Bertz CT molecular complexity index is 535. The van der Waals surface area contributed by atoms with Gasteiger partial charge in [0.2, 0.25) is 0 Å². The summed E-state index contributed by atoms with van der Waals surface area (Å²) in [5.41, 5.74) is -0.357. The van der Waals surface area contributed by atoms with Gasteiger partial charge in [-0.05, 0) is 25.0 Å². The van der Waals surface area contributed by atoms with Gasteiger partial charge in [-0.25, -0.2) is 4.98 Å². The first kappa shape index (κ1) is 14.8. The normalized spacial score (nSPS) is 22.0. The molecule has 1 aliphatic rings. The highest BCUT2D eigenvalue weighted by molar-refractivity contribution is 6.29. The molecular formula is C14H17ClN2O3. The van der Waals surface area contributed by atoms with E-state index in [9.17, 15) is 14.7 Å². The van der Waals surface area contributed by atoms with Crippen molar-refractivity contribution in [3.63, 3.8) is 0 Å². The van der Waals surface area contributed by atoms with Crippen LogP contribution < -0.4 is 0 Å². The Morgan fingerprint density at radius 2 is 2.30 bits per heavy atom. The molecule has 1 unspecified atom stereocenters. The fraction of sp³-hybridized carbons (Fsp3) is 0.500. The summed E-state index contributed by atoms with van der Waals surface area (Å²) in [6.45, 7) is 2.68. The molecule has 0 radical (unpaired) electrons. The maximum absolute atomic E-state index is 12.4. The monoisotopic (exact) mass is 296 g/mol. The van der Waals surface area contributed by atoms with Crippen molar-refractivity contribution in [2.24, 2.45) is 5.41 Å². The van der Waals surface area contributed by atoms with E-state index in [1.54, 1.807) is 11.0 Å². The molecule has 1 aromatic heterocycles. The first-order chi connectivity index (χ1) is 9.48. The number of carbonyl (C=O) groups excluding carboxylic acids is 1. The van der Waals surface area contributed by atoms with Gasteiger partial charge in [0.1, 0.15) is 5.15 Å². The van der Waals surface area contributed by atoms with E-state index < -0.39 is 11.4 Å². The SMILES string of the molecule is CCCC1(C(=O)O)CCN(C(=O)c2ccnc(Cl)c2)C1. The standard InChI is InChI=1S/C14H17ClN2O3/c1-2-4-14(13(19)20)5-7-17(9-14)12(18)10-3-6-16-11(15)8-10/h3,6,8H,2,4-5,7,9H2,1H3,(H,19,20). The van der Waals surface area contributed by atoms with E-state index >= 15 is 0 Å². The van der Waals surface area contributed by atoms with Gasteiger partial charge >= 0.3 is 5.97 Å². The van der Waals surface area contributed by atoms with Crippen molar-refractivity contribution in [3.05, 3.63) is 29.0 Å². The summed E-state index contributed by atoms with van der Waals surface area (Å²) in [4.78, 5) is 29.3. The van der Waals surface area contributed by atoms with Gasteiger partial charge in [-0.2, -0.15) is 0 Å². The van der Waals surface area contributed by atoms with Crippen LogP contribution in [0.5, 0.6) is 0 Å². The van der Waals surface area contributed by atoms with Crippen molar-refractivity contribution in [2.75, 3.05) is 13.1 Å². The van der Waals surface area contributed by atoms with Crippen LogP contribution in [-0.2, 0) is 4.79 Å². The number of halogens is 1. The average molecular weight is 297 g/mol. The topological polar surface area (TPSA) is 70.5 Å². The smallest absolute Gasteiger partial charge is 0.311 e. The first-order valence-corrected chi connectivity index (χ1v) is 7.00. The maximum Gasteiger partial charge on any atom is 0.311 e. The van der Waals surface area contributed by atoms with Crippen molar-refractivity contribution in [1.82, 2.24) is 9.88 Å². The van der Waals surface area contributed by atoms with Crippen molar-refractivity contribution in [1.29, 1.82) is 0 Å². The first-order valence-electron chi connectivity index (χ1n) is 6.63. The minimum Gasteiger partial charge on any atom is -0.481 e. The van der Waals surface area contributed by atoms with Crippen LogP contribution in [-0.4, -0.2) is 40.0 Å². The summed E-state index contributed by atoms with van der Waals surface area (Å²) in [6, 6.07) is 3.10. The summed E-state index contributed by atoms with van der Waals surface area (Å²) in [5.74, 6) is -1.00. The lowest BCUT2D eigenvalue weighted by molar-refractivity contribution is -0.148. The Morgan fingerprint density at radius 1 is 1.55 bits per heavy atom. The Kier molecular flexibility index (Phi) is 4.28. The molecule has 6 heteroatoms. The maximum atomic E-state index is 12.4. The second-order valence-electron chi connectivity index (χ2n) is 5.18. The molecule has 0 bridgehead atoms. The number of aromatic nitrogens is 1. The molecule has 0 spiro atoms. The molecule has 1 aromatic rings. The Labute approximate surface area is 122 Å². The van der Waals surface area contributed by atoms with Crippen molar-refractivity contribution in [3.8, 4) is 0 Å². The minimum atomic E-state index is -0.817. The zero-order chi connectivity index (χ0) is 14.8. The van der Waals surface area contributed by atoms with Gasteiger partial charge in [0.05, 0.1) is 5.41 Å². The quantitative estimate of drug-likeness (QED) is 0.866. The Balaban J connectivity index is 2.16. The third kappa shape index (κ3) is 2.77. The average Bonchev–Trinajstić information content (AvgIpc) is 2.84. The number of likely N-dealkylation sites (tertiary alicyclic amines) is 1. The number of hydrogen-bond donors (Lipinski definition) is 1. The highest BCUT2D eigenvalue weighted by Crippen LogP contribution is 2.36. The molecule has 1 aliphatic heterocycles. The van der Waals surface area contributed by atoms with Crippen LogP contribution in [0.2, 0.25) is 5.15 Å². The zero-order valence-electron chi connectivity index (χ0n) is 11.3. The van der Waals surface area contributed by atoms with Crippen molar-refractivity contribution >= 4 is 23.5 Å². The van der Waals surface area contributed by atoms with E-state index in [-0.39, 0.29) is 17.6 Å². The molecule has 108 valence electrons. The molecule has 2 rings (SSSR count). The van der Waals surface area contributed by atoms with Gasteiger partial charge in [-0.15, -0.1) is 0 Å². The van der Waals surface area contributed by atoms with E-state index in [0.29, 0.717) is 24.9 Å². The molecule has 2 heterocycles. The van der Waals surface area contributed by atoms with Crippen LogP contribution in [0, 0.1) is 5.41 Å². The lowest BCUT2D eigenvalue weighted by Gasteiger charge is -2.24. The van der Waals surface area contributed by atoms with Crippen LogP contribution in [0.1, 0.15) is 36.5 Å². The number of amides is 1. The molecular weight excluding hydrogens is 280 g/mol. The van der Waals surface area contributed by atoms with Gasteiger partial charge < -0.3 is 10.0 Å². The lowest BCUT2D eigenvalue weighted by atomic mass is 9.83. The van der Waals surface area contributed by atoms with Crippen LogP contribution in [0.4, 0.5) is 0 Å². The number of nitrogens with zero attached hydrogens (tertiary/aromatic N) is 2. The molecule has 0 aromatic carbocycles. The number of pyridine rings is 1. The van der Waals surface area contributed by atoms with Crippen LogP contribution in [0.25, 0.3) is 0 Å². The molecule has 1 saturated heterocycles. The predicted octanol–water partition coefficient (Wildman–Crippen LogP) is 2.45. The molecule has 0 saturated carbocycles. The third-order valence-electron chi connectivity index (χ3n) is 3.80. The van der Waals surface area contributed by atoms with E-state index in [0.717, 1.165) is 6.42 Å². The van der Waals surface area contributed by atoms with E-state index in [2.05, 4.69) is 4.98 Å². The second-order valence-corrected chi connectivity index (χ2v) is 5.57. The lowest BCUT2D eigenvalue weighted by Crippen LogP contribution is -2.36.